The van der Waals surface area contributed by atoms with E-state index in [9.17, 15) is 4.79 Å². The molecular weight excluding hydrogens is 366 g/mol. The number of para-hydroxylation sites is 1. The molecule has 0 spiro atoms. The normalized spacial score (nSPS) is 15.5. The van der Waals surface area contributed by atoms with Crippen LogP contribution in [-0.2, 0) is 4.79 Å². The molecule has 29 heavy (non-hydrogen) atoms. The topological polar surface area (TPSA) is 88.0 Å². The molecule has 8 heteroatoms. The molecular formula is C21H23N7O. The Morgan fingerprint density at radius 1 is 1.10 bits per heavy atom. The number of nitrogens with one attached hydrogen (secondary N) is 2. The summed E-state index contributed by atoms with van der Waals surface area (Å²) in [5, 5.41) is 18.1. The summed E-state index contributed by atoms with van der Waals surface area (Å²) in [7, 11) is 3.98. The van der Waals surface area contributed by atoms with Crippen molar-refractivity contribution in [1.29, 1.82) is 0 Å². The minimum Gasteiger partial charge on any atom is -0.378 e. The lowest BCUT2D eigenvalue weighted by molar-refractivity contribution is -0.113. The zero-order valence-electron chi connectivity index (χ0n) is 16.8. The van der Waals surface area contributed by atoms with Crippen molar-refractivity contribution in [3.05, 3.63) is 70.9 Å². The molecule has 2 heterocycles. The summed E-state index contributed by atoms with van der Waals surface area (Å²) in [5.74, 6) is 0.323. The molecule has 1 aliphatic rings. The van der Waals surface area contributed by atoms with Gasteiger partial charge in [-0.1, -0.05) is 35.4 Å². The molecule has 4 rings (SSSR count). The van der Waals surface area contributed by atoms with Gasteiger partial charge in [0.15, 0.2) is 0 Å². The second kappa shape index (κ2) is 7.38. The van der Waals surface area contributed by atoms with Gasteiger partial charge in [0.05, 0.1) is 5.57 Å². The second-order valence-electron chi connectivity index (χ2n) is 7.27. The molecule has 0 radical (unpaired) electrons. The fourth-order valence-corrected chi connectivity index (χ4v) is 3.47. The summed E-state index contributed by atoms with van der Waals surface area (Å²) in [5.41, 5.74) is 5.08. The van der Waals surface area contributed by atoms with Crippen molar-refractivity contribution in [2.45, 2.75) is 19.9 Å². The first-order chi connectivity index (χ1) is 14.0. The SMILES string of the molecule is CC1=C(C(=O)Nc2ccccc2C)C(c2ccc(N(C)C)cc2)n2nnnc2N1. The first-order valence-electron chi connectivity index (χ1n) is 9.35. The number of carbonyl (C=O) groups excluding carboxylic acids is 1. The lowest BCUT2D eigenvalue weighted by Gasteiger charge is -2.28. The maximum absolute atomic E-state index is 13.3. The summed E-state index contributed by atoms with van der Waals surface area (Å²) in [6.07, 6.45) is 0. The predicted molar refractivity (Wildman–Crippen MR) is 113 cm³/mol. The number of hydrogen-bond acceptors (Lipinski definition) is 6. The van der Waals surface area contributed by atoms with Gasteiger partial charge in [-0.05, 0) is 53.6 Å². The molecule has 8 nitrogen and oxygen atoms in total. The van der Waals surface area contributed by atoms with Crippen LogP contribution in [0.1, 0.15) is 24.1 Å². The van der Waals surface area contributed by atoms with Crippen LogP contribution in [-0.4, -0.2) is 40.2 Å². The third-order valence-corrected chi connectivity index (χ3v) is 5.08. The molecule has 0 saturated carbocycles. The van der Waals surface area contributed by atoms with Crippen molar-refractivity contribution in [2.75, 3.05) is 29.6 Å². The Kier molecular flexibility index (Phi) is 4.75. The monoisotopic (exact) mass is 389 g/mol. The fraction of sp³-hybridized carbons (Fsp3) is 0.238. The number of aromatic nitrogens is 4. The molecule has 0 bridgehead atoms. The van der Waals surface area contributed by atoms with E-state index in [1.54, 1.807) is 4.68 Å². The molecule has 1 atom stereocenters. The van der Waals surface area contributed by atoms with Crippen molar-refractivity contribution in [3.8, 4) is 0 Å². The van der Waals surface area contributed by atoms with Crippen molar-refractivity contribution in [3.63, 3.8) is 0 Å². The Balaban J connectivity index is 1.75. The highest BCUT2D eigenvalue weighted by atomic mass is 16.1. The third kappa shape index (κ3) is 3.44. The van der Waals surface area contributed by atoms with Gasteiger partial charge in [-0.25, -0.2) is 0 Å². The summed E-state index contributed by atoms with van der Waals surface area (Å²) < 4.78 is 1.64. The van der Waals surface area contributed by atoms with Crippen molar-refractivity contribution >= 4 is 23.2 Å². The molecule has 2 N–H and O–H groups in total. The Morgan fingerprint density at radius 2 is 1.83 bits per heavy atom. The van der Waals surface area contributed by atoms with Crippen molar-refractivity contribution < 1.29 is 4.79 Å². The number of allylic oxidation sites excluding steroid dienone is 1. The highest BCUT2D eigenvalue weighted by molar-refractivity contribution is 6.06. The average Bonchev–Trinajstić information content (AvgIpc) is 3.16. The van der Waals surface area contributed by atoms with Crippen molar-refractivity contribution in [1.82, 2.24) is 20.2 Å². The maximum Gasteiger partial charge on any atom is 0.255 e. The Hall–Kier alpha value is -3.68. The van der Waals surface area contributed by atoms with Gasteiger partial charge >= 0.3 is 0 Å². The standard InChI is InChI=1S/C21H23N7O/c1-13-7-5-6-8-17(13)23-20(29)18-14(2)22-21-24-25-26-28(21)19(18)15-9-11-16(12-10-15)27(3)4/h5-12,19H,1-4H3,(H,23,29)(H,22,24,26). The third-order valence-electron chi connectivity index (χ3n) is 5.08. The number of aryl methyl sites for hydroxylation is 1. The van der Waals surface area contributed by atoms with E-state index in [2.05, 4.69) is 26.2 Å². The van der Waals surface area contributed by atoms with E-state index in [0.717, 1.165) is 28.2 Å². The lowest BCUT2D eigenvalue weighted by Crippen LogP contribution is -2.31. The maximum atomic E-state index is 13.3. The smallest absolute Gasteiger partial charge is 0.255 e. The fourth-order valence-electron chi connectivity index (χ4n) is 3.47. The number of rotatable bonds is 4. The van der Waals surface area contributed by atoms with Crippen LogP contribution in [0.5, 0.6) is 0 Å². The zero-order valence-corrected chi connectivity index (χ0v) is 16.8. The highest BCUT2D eigenvalue weighted by Gasteiger charge is 2.34. The minimum atomic E-state index is -0.429. The first kappa shape index (κ1) is 18.7. The largest absolute Gasteiger partial charge is 0.378 e. The summed E-state index contributed by atoms with van der Waals surface area (Å²) in [6, 6.07) is 15.3. The molecule has 0 fully saturated rings. The van der Waals surface area contributed by atoms with Gasteiger partial charge in [-0.3, -0.25) is 4.79 Å². The van der Waals surface area contributed by atoms with Crippen LogP contribution in [0.4, 0.5) is 17.3 Å². The van der Waals surface area contributed by atoms with E-state index in [1.807, 2.05) is 81.4 Å². The van der Waals surface area contributed by atoms with Gasteiger partial charge in [0.2, 0.25) is 5.95 Å². The molecule has 1 aromatic heterocycles. The summed E-state index contributed by atoms with van der Waals surface area (Å²) >= 11 is 0. The molecule has 1 unspecified atom stereocenters. The van der Waals surface area contributed by atoms with Gasteiger partial charge in [0, 0.05) is 31.2 Å². The number of hydrogen-bond donors (Lipinski definition) is 2. The van der Waals surface area contributed by atoms with Crippen LogP contribution in [0, 0.1) is 6.92 Å². The number of fused-ring (bicyclic) bond motifs is 1. The summed E-state index contributed by atoms with van der Waals surface area (Å²) in [6.45, 7) is 3.83. The van der Waals surface area contributed by atoms with Crippen LogP contribution < -0.4 is 15.5 Å². The number of tetrazole rings is 1. The number of carbonyl (C=O) groups is 1. The van der Waals surface area contributed by atoms with Crippen LogP contribution in [0.3, 0.4) is 0 Å². The number of nitrogens with zero attached hydrogens (tertiary/aromatic N) is 5. The quantitative estimate of drug-likeness (QED) is 0.713. The predicted octanol–water partition coefficient (Wildman–Crippen LogP) is 2.98. The van der Waals surface area contributed by atoms with Gasteiger partial charge in [-0.15, -0.1) is 0 Å². The van der Waals surface area contributed by atoms with Gasteiger partial charge in [0.1, 0.15) is 6.04 Å². The van der Waals surface area contributed by atoms with E-state index in [4.69, 9.17) is 0 Å². The Morgan fingerprint density at radius 3 is 2.52 bits per heavy atom. The Bertz CT molecular complexity index is 1080. The van der Waals surface area contributed by atoms with E-state index in [-0.39, 0.29) is 5.91 Å². The minimum absolute atomic E-state index is 0.188. The molecule has 0 aliphatic carbocycles. The molecule has 2 aromatic carbocycles. The van der Waals surface area contributed by atoms with Crippen LogP contribution in [0.15, 0.2) is 59.8 Å². The zero-order chi connectivity index (χ0) is 20.5. The number of benzene rings is 2. The van der Waals surface area contributed by atoms with Crippen LogP contribution in [0.25, 0.3) is 0 Å². The summed E-state index contributed by atoms with van der Waals surface area (Å²) in [4.78, 5) is 15.4. The van der Waals surface area contributed by atoms with Gasteiger partial charge in [-0.2, -0.15) is 4.68 Å². The molecule has 148 valence electrons. The van der Waals surface area contributed by atoms with Crippen LogP contribution >= 0.6 is 0 Å². The second-order valence-corrected chi connectivity index (χ2v) is 7.27. The molecule has 1 aliphatic heterocycles. The number of anilines is 3. The van der Waals surface area contributed by atoms with E-state index in [0.29, 0.717) is 11.5 Å². The molecule has 0 saturated heterocycles. The van der Waals surface area contributed by atoms with Gasteiger partial charge < -0.3 is 15.5 Å². The molecule has 3 aromatic rings. The molecule has 1 amide bonds. The Labute approximate surface area is 169 Å². The van der Waals surface area contributed by atoms with Crippen molar-refractivity contribution in [2.24, 2.45) is 0 Å². The highest BCUT2D eigenvalue weighted by Crippen LogP contribution is 2.35. The van der Waals surface area contributed by atoms with E-state index in [1.165, 1.54) is 0 Å². The first-order valence-corrected chi connectivity index (χ1v) is 9.35. The van der Waals surface area contributed by atoms with Crippen LogP contribution in [0.2, 0.25) is 0 Å². The van der Waals surface area contributed by atoms with Gasteiger partial charge in [0.25, 0.3) is 5.91 Å². The number of amides is 1. The van der Waals surface area contributed by atoms with E-state index < -0.39 is 6.04 Å². The van der Waals surface area contributed by atoms with E-state index >= 15 is 0 Å². The lowest BCUT2D eigenvalue weighted by atomic mass is 9.94. The average molecular weight is 389 g/mol.